The van der Waals surface area contributed by atoms with Crippen molar-refractivity contribution in [2.75, 3.05) is 6.61 Å². The van der Waals surface area contributed by atoms with Crippen LogP contribution in [0.2, 0.25) is 19.6 Å². The van der Waals surface area contributed by atoms with Gasteiger partial charge in [-0.25, -0.2) is 4.39 Å². The van der Waals surface area contributed by atoms with E-state index in [2.05, 4.69) is 0 Å². The highest BCUT2D eigenvalue weighted by atomic mass is 28.4. The van der Waals surface area contributed by atoms with Gasteiger partial charge < -0.3 is 14.3 Å². The fourth-order valence-electron chi connectivity index (χ4n) is 7.84. The van der Waals surface area contributed by atoms with E-state index in [1.165, 1.54) is 13.0 Å². The quantitative estimate of drug-likeness (QED) is 0.339. The van der Waals surface area contributed by atoms with Crippen molar-refractivity contribution >= 4 is 25.9 Å². The standard InChI is InChI=1S/C27H39FO6Si/c1-16-12-21-20-9-8-18-13-19(30)10-11-24(18,3)26(20,28)23(34-35(5,6)7)14-25(21,4)27(16,32)22(31)15-33-17(2)29/h8,10-11,16,20-21,23,32H,9,12-15H2,1-7H3/t16-,20-,21-,23-,24-,25-,26-,27-/m0/s1. The van der Waals surface area contributed by atoms with Gasteiger partial charge >= 0.3 is 5.97 Å². The molecule has 0 aromatic heterocycles. The van der Waals surface area contributed by atoms with E-state index < -0.39 is 66.7 Å². The number of aliphatic hydroxyl groups is 1. The number of carbonyl (C=O) groups excluding carboxylic acids is 3. The minimum absolute atomic E-state index is 0.0287. The van der Waals surface area contributed by atoms with Crippen molar-refractivity contribution in [2.45, 2.75) is 90.4 Å². The van der Waals surface area contributed by atoms with Gasteiger partial charge in [0.1, 0.15) is 5.60 Å². The average Bonchev–Trinajstić information content (AvgIpc) is 2.94. The Hall–Kier alpha value is -1.64. The van der Waals surface area contributed by atoms with Gasteiger partial charge in [-0.15, -0.1) is 0 Å². The lowest BCUT2D eigenvalue weighted by Crippen LogP contribution is -2.70. The number of halogens is 1. The van der Waals surface area contributed by atoms with Crippen LogP contribution in [-0.2, 0) is 23.5 Å². The molecule has 0 spiro atoms. The maximum absolute atomic E-state index is 18.0. The fourth-order valence-corrected chi connectivity index (χ4v) is 8.95. The zero-order valence-electron chi connectivity index (χ0n) is 21.9. The summed E-state index contributed by atoms with van der Waals surface area (Å²) in [4.78, 5) is 37.0. The van der Waals surface area contributed by atoms with Gasteiger partial charge in [-0.3, -0.25) is 14.4 Å². The Morgan fingerprint density at radius 2 is 1.89 bits per heavy atom. The van der Waals surface area contributed by atoms with Gasteiger partial charge in [0.25, 0.3) is 0 Å². The monoisotopic (exact) mass is 506 g/mol. The van der Waals surface area contributed by atoms with E-state index in [-0.39, 0.29) is 24.5 Å². The van der Waals surface area contributed by atoms with Gasteiger partial charge in [0.15, 0.2) is 26.4 Å². The molecule has 0 radical (unpaired) electrons. The number of allylic oxidation sites excluding steroid dienone is 4. The maximum Gasteiger partial charge on any atom is 0.303 e. The summed E-state index contributed by atoms with van der Waals surface area (Å²) in [7, 11) is -2.25. The van der Waals surface area contributed by atoms with E-state index in [0.717, 1.165) is 5.57 Å². The lowest BCUT2D eigenvalue weighted by Gasteiger charge is -2.63. The Labute approximate surface area is 208 Å². The van der Waals surface area contributed by atoms with Crippen LogP contribution in [0.3, 0.4) is 0 Å². The highest BCUT2D eigenvalue weighted by Crippen LogP contribution is 2.70. The molecule has 1 N–H and O–H groups in total. The first-order valence-corrected chi connectivity index (χ1v) is 16.1. The number of hydrogen-bond acceptors (Lipinski definition) is 6. The Morgan fingerprint density at radius 3 is 2.49 bits per heavy atom. The molecule has 8 atom stereocenters. The minimum Gasteiger partial charge on any atom is -0.458 e. The van der Waals surface area contributed by atoms with Gasteiger partial charge in [0, 0.05) is 30.1 Å². The molecule has 6 nitrogen and oxygen atoms in total. The Balaban J connectivity index is 1.85. The first-order valence-electron chi connectivity index (χ1n) is 12.7. The molecule has 0 aliphatic heterocycles. The number of alkyl halides is 1. The molecule has 0 aromatic carbocycles. The van der Waals surface area contributed by atoms with Crippen molar-refractivity contribution < 1.29 is 33.0 Å². The molecule has 2 saturated carbocycles. The van der Waals surface area contributed by atoms with Crippen LogP contribution >= 0.6 is 0 Å². The van der Waals surface area contributed by atoms with Crippen LogP contribution < -0.4 is 0 Å². The van der Waals surface area contributed by atoms with E-state index in [9.17, 15) is 19.5 Å². The van der Waals surface area contributed by atoms with E-state index in [4.69, 9.17) is 9.16 Å². The van der Waals surface area contributed by atoms with Gasteiger partial charge in [0.05, 0.1) is 6.10 Å². The van der Waals surface area contributed by atoms with E-state index in [1.54, 1.807) is 6.08 Å². The third-order valence-corrected chi connectivity index (χ3v) is 10.5. The number of rotatable bonds is 5. The average molecular weight is 507 g/mol. The highest BCUT2D eigenvalue weighted by Gasteiger charge is 2.76. The molecule has 4 rings (SSSR count). The van der Waals surface area contributed by atoms with Gasteiger partial charge in [0.2, 0.25) is 5.78 Å². The molecule has 0 saturated heterocycles. The molecule has 0 amide bonds. The molecule has 4 aliphatic carbocycles. The summed E-state index contributed by atoms with van der Waals surface area (Å²) in [6.07, 6.45) is 5.65. The highest BCUT2D eigenvalue weighted by molar-refractivity contribution is 6.69. The van der Waals surface area contributed by atoms with Crippen molar-refractivity contribution in [2.24, 2.45) is 28.6 Å². The predicted octanol–water partition coefficient (Wildman–Crippen LogP) is 4.33. The van der Waals surface area contributed by atoms with Crippen LogP contribution in [0.1, 0.15) is 53.4 Å². The first-order chi connectivity index (χ1) is 16.0. The summed E-state index contributed by atoms with van der Waals surface area (Å²) < 4.78 is 29.5. The second kappa shape index (κ2) is 8.18. The SMILES string of the molecule is CC(=O)OCC(=O)[C@@]1(O)[C@@H](C)C[C@H]2[C@@H]3CC=C4CC(=O)C=C[C@]4(C)[C@@]3(F)[C@@H](O[Si](C)(C)C)C[C@@]21C. The Kier molecular flexibility index (Phi) is 6.18. The molecule has 0 heterocycles. The zero-order chi connectivity index (χ0) is 26.2. The molecule has 8 heteroatoms. The number of hydrogen-bond donors (Lipinski definition) is 1. The van der Waals surface area contributed by atoms with Crippen LogP contribution in [0, 0.1) is 28.6 Å². The third-order valence-electron chi connectivity index (χ3n) is 9.49. The lowest BCUT2D eigenvalue weighted by atomic mass is 9.45. The lowest BCUT2D eigenvalue weighted by molar-refractivity contribution is -0.211. The molecule has 0 bridgehead atoms. The van der Waals surface area contributed by atoms with Crippen LogP contribution in [0.25, 0.3) is 0 Å². The van der Waals surface area contributed by atoms with Crippen molar-refractivity contribution in [3.8, 4) is 0 Å². The summed E-state index contributed by atoms with van der Waals surface area (Å²) in [5.41, 5.74) is -4.71. The first kappa shape index (κ1) is 26.4. The van der Waals surface area contributed by atoms with Gasteiger partial charge in [-0.2, -0.15) is 0 Å². The normalized spacial score (nSPS) is 44.7. The van der Waals surface area contributed by atoms with Crippen molar-refractivity contribution in [1.82, 2.24) is 0 Å². The largest absolute Gasteiger partial charge is 0.458 e. The topological polar surface area (TPSA) is 89.9 Å². The zero-order valence-corrected chi connectivity index (χ0v) is 22.9. The van der Waals surface area contributed by atoms with Crippen LogP contribution in [0.5, 0.6) is 0 Å². The van der Waals surface area contributed by atoms with Gasteiger partial charge in [-0.05, 0) is 63.7 Å². The number of esters is 1. The number of ketones is 2. The van der Waals surface area contributed by atoms with Crippen LogP contribution in [0.15, 0.2) is 23.8 Å². The number of carbonyl (C=O) groups is 3. The second-order valence-electron chi connectivity index (χ2n) is 12.6. The smallest absolute Gasteiger partial charge is 0.303 e. The number of fused-ring (bicyclic) bond motifs is 5. The summed E-state index contributed by atoms with van der Waals surface area (Å²) in [6.45, 7) is 12.3. The van der Waals surface area contributed by atoms with Crippen LogP contribution in [-0.4, -0.2) is 54.9 Å². The molecule has 0 unspecified atom stereocenters. The van der Waals surface area contributed by atoms with E-state index >= 15 is 4.39 Å². The van der Waals surface area contributed by atoms with Gasteiger partial charge in [-0.1, -0.05) is 31.6 Å². The van der Waals surface area contributed by atoms with Crippen molar-refractivity contribution in [3.05, 3.63) is 23.8 Å². The van der Waals surface area contributed by atoms with E-state index in [0.29, 0.717) is 12.8 Å². The summed E-state index contributed by atoms with van der Waals surface area (Å²) in [5, 5.41) is 12.0. The molecule has 194 valence electrons. The minimum atomic E-state index is -2.25. The summed E-state index contributed by atoms with van der Waals surface area (Å²) >= 11 is 0. The van der Waals surface area contributed by atoms with Crippen LogP contribution in [0.4, 0.5) is 4.39 Å². The number of Topliss-reactive ketones (excluding diaryl/α,β-unsaturated/α-hetero) is 1. The number of ether oxygens (including phenoxy) is 1. The third kappa shape index (κ3) is 3.65. The summed E-state index contributed by atoms with van der Waals surface area (Å²) in [6, 6.07) is 0. The Bertz CT molecular complexity index is 1020. The molecule has 4 aliphatic rings. The molecule has 2 fully saturated rings. The van der Waals surface area contributed by atoms with Crippen molar-refractivity contribution in [1.29, 1.82) is 0 Å². The fraction of sp³-hybridized carbons (Fsp3) is 0.741. The predicted molar refractivity (Wildman–Crippen MR) is 132 cm³/mol. The molecular formula is C27H39FO6Si. The molecular weight excluding hydrogens is 467 g/mol. The summed E-state index contributed by atoms with van der Waals surface area (Å²) in [5.74, 6) is -2.36. The molecule has 0 aromatic rings. The maximum atomic E-state index is 18.0. The molecule has 35 heavy (non-hydrogen) atoms. The Morgan fingerprint density at radius 1 is 1.23 bits per heavy atom. The van der Waals surface area contributed by atoms with E-state index in [1.807, 2.05) is 46.5 Å². The van der Waals surface area contributed by atoms with Crippen molar-refractivity contribution in [3.63, 3.8) is 0 Å². The second-order valence-corrected chi connectivity index (χ2v) is 17.0.